The first-order chi connectivity index (χ1) is 5.45. The maximum absolute atomic E-state index is 8.54. The Hall–Kier alpha value is -1.01. The van der Waals surface area contributed by atoms with E-state index in [1.165, 1.54) is 0 Å². The van der Waals surface area contributed by atoms with Gasteiger partial charge < -0.3 is 4.42 Å². The zero-order valence-electron chi connectivity index (χ0n) is 7.18. The van der Waals surface area contributed by atoms with E-state index in [0.717, 1.165) is 0 Å². The molecule has 3 nitrogen and oxygen atoms in total. The van der Waals surface area contributed by atoms with Crippen molar-refractivity contribution in [1.82, 2.24) is 4.98 Å². The minimum Gasteiger partial charge on any atom is -0.427 e. The summed E-state index contributed by atoms with van der Waals surface area (Å²) in [6.45, 7) is 5.82. The molecule has 0 aliphatic carbocycles. The van der Waals surface area contributed by atoms with Crippen LogP contribution in [0.3, 0.4) is 0 Å². The van der Waals surface area contributed by atoms with Crippen LogP contribution >= 0.6 is 11.6 Å². The summed E-state index contributed by atoms with van der Waals surface area (Å²) in [7, 11) is 0. The van der Waals surface area contributed by atoms with E-state index in [2.05, 4.69) is 4.98 Å². The fourth-order valence-electron chi connectivity index (χ4n) is 0.691. The first kappa shape index (κ1) is 9.08. The standard InChI is InChI=1S/C8H9ClN2O/c1-8(2,3)7-11-5(4-10)6(9)12-7/h1-3H3. The molecule has 0 unspecified atom stereocenters. The van der Waals surface area contributed by atoms with Gasteiger partial charge in [-0.2, -0.15) is 5.26 Å². The molecule has 0 N–H and O–H groups in total. The second-order valence-electron chi connectivity index (χ2n) is 3.50. The molecule has 0 fully saturated rings. The highest BCUT2D eigenvalue weighted by atomic mass is 35.5. The summed E-state index contributed by atoms with van der Waals surface area (Å²) >= 11 is 5.60. The highest BCUT2D eigenvalue weighted by molar-refractivity contribution is 6.29. The first-order valence-corrected chi connectivity index (χ1v) is 3.90. The summed E-state index contributed by atoms with van der Waals surface area (Å²) in [6, 6.07) is 1.85. The summed E-state index contributed by atoms with van der Waals surface area (Å²) < 4.78 is 5.10. The monoisotopic (exact) mass is 184 g/mol. The Balaban J connectivity index is 3.16. The van der Waals surface area contributed by atoms with E-state index < -0.39 is 0 Å². The molecule has 0 spiro atoms. The third-order valence-corrected chi connectivity index (χ3v) is 1.59. The third kappa shape index (κ3) is 1.59. The normalized spacial score (nSPS) is 11.2. The van der Waals surface area contributed by atoms with Crippen molar-refractivity contribution in [1.29, 1.82) is 5.26 Å². The molecule has 12 heavy (non-hydrogen) atoms. The average molecular weight is 185 g/mol. The third-order valence-electron chi connectivity index (χ3n) is 1.33. The molecule has 0 amide bonds. The van der Waals surface area contributed by atoms with Gasteiger partial charge in [0.2, 0.25) is 11.1 Å². The number of hydrogen-bond acceptors (Lipinski definition) is 3. The van der Waals surface area contributed by atoms with Gasteiger partial charge in [-0.3, -0.25) is 0 Å². The van der Waals surface area contributed by atoms with Gasteiger partial charge in [-0.15, -0.1) is 0 Å². The van der Waals surface area contributed by atoms with Crippen LogP contribution in [0, 0.1) is 11.3 Å². The lowest BCUT2D eigenvalue weighted by molar-refractivity contribution is 0.393. The molecule has 4 heteroatoms. The lowest BCUT2D eigenvalue weighted by Crippen LogP contribution is -2.11. The summed E-state index contributed by atoms with van der Waals surface area (Å²) in [5.74, 6) is 0.490. The molecule has 1 rings (SSSR count). The van der Waals surface area contributed by atoms with Gasteiger partial charge in [0.15, 0.2) is 5.69 Å². The van der Waals surface area contributed by atoms with Crippen LogP contribution in [-0.2, 0) is 5.41 Å². The molecule has 0 aliphatic heterocycles. The van der Waals surface area contributed by atoms with Gasteiger partial charge in [-0.1, -0.05) is 20.8 Å². The number of nitriles is 1. The molecule has 0 saturated carbocycles. The van der Waals surface area contributed by atoms with Crippen molar-refractivity contribution >= 4 is 11.6 Å². The minimum absolute atomic E-state index is 0.0717. The van der Waals surface area contributed by atoms with E-state index in [1.54, 1.807) is 0 Å². The second kappa shape index (κ2) is 2.80. The quantitative estimate of drug-likeness (QED) is 0.623. The second-order valence-corrected chi connectivity index (χ2v) is 3.85. The molecule has 0 aromatic carbocycles. The molecule has 0 bridgehead atoms. The summed E-state index contributed by atoms with van der Waals surface area (Å²) in [4.78, 5) is 3.94. The van der Waals surface area contributed by atoms with Crippen LogP contribution in [0.15, 0.2) is 4.42 Å². The van der Waals surface area contributed by atoms with Crippen molar-refractivity contribution in [3.05, 3.63) is 16.8 Å². The molecule has 64 valence electrons. The van der Waals surface area contributed by atoms with E-state index in [0.29, 0.717) is 5.89 Å². The molecule has 0 saturated heterocycles. The predicted octanol–water partition coefficient (Wildman–Crippen LogP) is 2.50. The summed E-state index contributed by atoms with van der Waals surface area (Å²) in [5.41, 5.74) is -0.0553. The number of aromatic nitrogens is 1. The van der Waals surface area contributed by atoms with Gasteiger partial charge in [0.05, 0.1) is 0 Å². The van der Waals surface area contributed by atoms with Crippen molar-refractivity contribution in [2.24, 2.45) is 0 Å². The van der Waals surface area contributed by atoms with Gasteiger partial charge in [0, 0.05) is 5.41 Å². The van der Waals surface area contributed by atoms with E-state index in [9.17, 15) is 0 Å². The fourth-order valence-corrected chi connectivity index (χ4v) is 0.849. The lowest BCUT2D eigenvalue weighted by Gasteiger charge is -2.11. The zero-order valence-corrected chi connectivity index (χ0v) is 7.94. The molecule has 0 radical (unpaired) electrons. The van der Waals surface area contributed by atoms with Crippen LogP contribution in [0.25, 0.3) is 0 Å². The molecule has 1 aromatic heterocycles. The Morgan fingerprint density at radius 3 is 2.33 bits per heavy atom. The van der Waals surface area contributed by atoms with Crippen molar-refractivity contribution in [3.8, 4) is 6.07 Å². The highest BCUT2D eigenvalue weighted by Crippen LogP contribution is 2.26. The number of rotatable bonds is 0. The molecule has 0 aliphatic rings. The molecular weight excluding hydrogens is 176 g/mol. The number of nitrogens with zero attached hydrogens (tertiary/aromatic N) is 2. The fraction of sp³-hybridized carbons (Fsp3) is 0.500. The zero-order chi connectivity index (χ0) is 9.35. The highest BCUT2D eigenvalue weighted by Gasteiger charge is 2.22. The van der Waals surface area contributed by atoms with Crippen molar-refractivity contribution in [2.75, 3.05) is 0 Å². The van der Waals surface area contributed by atoms with Gasteiger partial charge in [-0.25, -0.2) is 4.98 Å². The Bertz CT molecular complexity index is 330. The Morgan fingerprint density at radius 1 is 1.50 bits per heavy atom. The van der Waals surface area contributed by atoms with Crippen LogP contribution in [-0.4, -0.2) is 4.98 Å². The van der Waals surface area contributed by atoms with Crippen LogP contribution in [0.4, 0.5) is 0 Å². The molecule has 1 heterocycles. The molecule has 0 atom stereocenters. The largest absolute Gasteiger partial charge is 0.427 e. The smallest absolute Gasteiger partial charge is 0.232 e. The molecular formula is C8H9ClN2O. The van der Waals surface area contributed by atoms with Gasteiger partial charge in [0.1, 0.15) is 6.07 Å². The van der Waals surface area contributed by atoms with Crippen LogP contribution in [0.5, 0.6) is 0 Å². The van der Waals surface area contributed by atoms with Crippen molar-refractivity contribution in [3.63, 3.8) is 0 Å². The van der Waals surface area contributed by atoms with Crippen molar-refractivity contribution < 1.29 is 4.42 Å². The van der Waals surface area contributed by atoms with Gasteiger partial charge >= 0.3 is 0 Å². The minimum atomic E-state index is -0.210. The molecule has 1 aromatic rings. The maximum Gasteiger partial charge on any atom is 0.232 e. The number of halogens is 1. The van der Waals surface area contributed by atoms with Crippen molar-refractivity contribution in [2.45, 2.75) is 26.2 Å². The predicted molar refractivity (Wildman–Crippen MR) is 44.9 cm³/mol. The lowest BCUT2D eigenvalue weighted by atomic mass is 9.97. The number of hydrogen-bond donors (Lipinski definition) is 0. The van der Waals surface area contributed by atoms with Gasteiger partial charge in [0.25, 0.3) is 0 Å². The Labute approximate surface area is 76.0 Å². The van der Waals surface area contributed by atoms with Crippen LogP contribution in [0.2, 0.25) is 5.22 Å². The van der Waals surface area contributed by atoms with E-state index in [-0.39, 0.29) is 16.3 Å². The summed E-state index contributed by atoms with van der Waals surface area (Å²) in [6.07, 6.45) is 0. The average Bonchev–Trinajstić information content (AvgIpc) is 2.29. The first-order valence-electron chi connectivity index (χ1n) is 3.52. The van der Waals surface area contributed by atoms with Gasteiger partial charge in [-0.05, 0) is 11.6 Å². The Kier molecular flexibility index (Phi) is 2.12. The summed E-state index contributed by atoms with van der Waals surface area (Å²) in [5, 5.41) is 8.61. The maximum atomic E-state index is 8.54. The topological polar surface area (TPSA) is 49.8 Å². The van der Waals surface area contributed by atoms with Crippen LogP contribution in [0.1, 0.15) is 32.4 Å². The van der Waals surface area contributed by atoms with E-state index in [4.69, 9.17) is 21.3 Å². The van der Waals surface area contributed by atoms with E-state index in [1.807, 2.05) is 26.8 Å². The Morgan fingerprint density at radius 2 is 2.08 bits per heavy atom. The number of oxazole rings is 1. The van der Waals surface area contributed by atoms with E-state index >= 15 is 0 Å². The van der Waals surface area contributed by atoms with Crippen LogP contribution < -0.4 is 0 Å². The SMILES string of the molecule is CC(C)(C)c1nc(C#N)c(Cl)o1.